The molecule has 0 bridgehead atoms. The molecule has 0 N–H and O–H groups in total. The van der Waals surface area contributed by atoms with E-state index in [9.17, 15) is 0 Å². The first kappa shape index (κ1) is 14.5. The van der Waals surface area contributed by atoms with Crippen LogP contribution in [0.25, 0.3) is 0 Å². The topological polar surface area (TPSA) is 27.7 Å². The third kappa shape index (κ3) is 4.85. The first-order valence-electron chi connectivity index (χ1n) is 5.22. The lowest BCUT2D eigenvalue weighted by molar-refractivity contribution is 0.238. The largest absolute Gasteiger partial charge is 0.416 e. The molecule has 1 aliphatic heterocycles. The minimum absolute atomic E-state index is 1.86. The fraction of sp³-hybridized carbons (Fsp3) is 1.00. The van der Waals surface area contributed by atoms with E-state index in [-0.39, 0.29) is 0 Å². The average Bonchev–Trinajstić information content (AvgIpc) is 1.79. The lowest BCUT2D eigenvalue weighted by Crippen LogP contribution is -2.64. The number of hydrogen-bond donors (Lipinski definition) is 0. The van der Waals surface area contributed by atoms with Crippen molar-refractivity contribution in [2.75, 3.05) is 0 Å². The molecule has 0 aromatic heterocycles. The van der Waals surface area contributed by atoms with Crippen LogP contribution in [0.15, 0.2) is 0 Å². The minimum atomic E-state index is -1.86. The molecule has 1 rings (SSSR count). The summed E-state index contributed by atoms with van der Waals surface area (Å²) in [6.45, 7) is 16.6. The van der Waals surface area contributed by atoms with Crippen LogP contribution in [-0.2, 0) is 12.3 Å². The van der Waals surface area contributed by atoms with Crippen molar-refractivity contribution in [2.45, 2.75) is 53.1 Å². The molecule has 1 fully saturated rings. The molecule has 1 aliphatic rings. The van der Waals surface area contributed by atoms with Crippen LogP contribution < -0.4 is 0 Å². The third-order valence-corrected chi connectivity index (χ3v) is 13.3. The van der Waals surface area contributed by atoms with Crippen molar-refractivity contribution in [2.24, 2.45) is 0 Å². The second-order valence-electron chi connectivity index (χ2n) is 4.51. The highest BCUT2D eigenvalue weighted by Crippen LogP contribution is 2.29. The maximum absolute atomic E-state index is 5.86. The number of rotatable bonds is 0. The SMILES string of the molecule is CC.C[Si]1(C)O[Si](C)(C)O[Si](C)(C)O1. The summed E-state index contributed by atoms with van der Waals surface area (Å²) in [5.41, 5.74) is 0. The van der Waals surface area contributed by atoms with E-state index in [1.165, 1.54) is 0 Å². The molecule has 0 aliphatic carbocycles. The average molecular weight is 253 g/mol. The maximum Gasteiger partial charge on any atom is 0.314 e. The molecule has 0 spiro atoms. The zero-order valence-electron chi connectivity index (χ0n) is 10.7. The van der Waals surface area contributed by atoms with E-state index in [0.29, 0.717) is 0 Å². The fourth-order valence-electron chi connectivity index (χ4n) is 1.84. The summed E-state index contributed by atoms with van der Waals surface area (Å²) in [5, 5.41) is 0. The summed E-state index contributed by atoms with van der Waals surface area (Å²) in [5.74, 6) is 0. The Balaban J connectivity index is 0.000000791. The van der Waals surface area contributed by atoms with Crippen molar-refractivity contribution in [3.63, 3.8) is 0 Å². The van der Waals surface area contributed by atoms with Crippen molar-refractivity contribution in [3.8, 4) is 0 Å². The second kappa shape index (κ2) is 4.58. The lowest BCUT2D eigenvalue weighted by Gasteiger charge is -2.46. The van der Waals surface area contributed by atoms with Crippen molar-refractivity contribution in [3.05, 3.63) is 0 Å². The van der Waals surface area contributed by atoms with Crippen LogP contribution in [0, 0.1) is 0 Å². The van der Waals surface area contributed by atoms with Gasteiger partial charge in [0.2, 0.25) is 0 Å². The molecule has 1 saturated heterocycles. The van der Waals surface area contributed by atoms with Crippen molar-refractivity contribution in [1.82, 2.24) is 0 Å². The zero-order chi connectivity index (χ0) is 11.6. The minimum Gasteiger partial charge on any atom is -0.416 e. The van der Waals surface area contributed by atoms with Gasteiger partial charge in [-0.1, -0.05) is 13.8 Å². The van der Waals surface area contributed by atoms with E-state index in [1.54, 1.807) is 0 Å². The Bertz CT molecular complexity index is 147. The highest BCUT2D eigenvalue weighted by molar-refractivity contribution is 6.92. The second-order valence-corrected chi connectivity index (χ2v) is 15.4. The summed E-state index contributed by atoms with van der Waals surface area (Å²) in [7, 11) is -5.59. The van der Waals surface area contributed by atoms with Crippen LogP contribution in [0.4, 0.5) is 0 Å². The van der Waals surface area contributed by atoms with Crippen molar-refractivity contribution < 1.29 is 12.3 Å². The zero-order valence-corrected chi connectivity index (χ0v) is 13.7. The highest BCUT2D eigenvalue weighted by atomic mass is 28.5. The van der Waals surface area contributed by atoms with E-state index >= 15 is 0 Å². The summed E-state index contributed by atoms with van der Waals surface area (Å²) in [6.07, 6.45) is 0. The molecule has 0 aromatic carbocycles. The molecule has 3 nitrogen and oxygen atoms in total. The molecule has 0 saturated carbocycles. The summed E-state index contributed by atoms with van der Waals surface area (Å²) >= 11 is 0. The van der Waals surface area contributed by atoms with Crippen LogP contribution in [0.2, 0.25) is 39.3 Å². The molecular weight excluding hydrogens is 228 g/mol. The molecule has 86 valence electrons. The first-order chi connectivity index (χ1) is 6.12. The maximum atomic E-state index is 5.86. The Morgan fingerprint density at radius 2 is 0.643 bits per heavy atom. The van der Waals surface area contributed by atoms with Gasteiger partial charge in [-0.3, -0.25) is 0 Å². The van der Waals surface area contributed by atoms with Crippen molar-refractivity contribution in [1.29, 1.82) is 0 Å². The Kier molecular flexibility index (Phi) is 4.76. The fourth-order valence-corrected chi connectivity index (χ4v) is 17.7. The third-order valence-electron chi connectivity index (χ3n) is 1.47. The molecular formula is C8H24O3Si3. The van der Waals surface area contributed by atoms with Gasteiger partial charge in [-0.15, -0.1) is 0 Å². The van der Waals surface area contributed by atoms with Crippen LogP contribution in [0.5, 0.6) is 0 Å². The Morgan fingerprint density at radius 3 is 0.786 bits per heavy atom. The summed E-state index contributed by atoms with van der Waals surface area (Å²) in [4.78, 5) is 0. The van der Waals surface area contributed by atoms with Gasteiger partial charge in [-0.2, -0.15) is 0 Å². The molecule has 0 unspecified atom stereocenters. The van der Waals surface area contributed by atoms with E-state index < -0.39 is 25.7 Å². The standard InChI is InChI=1S/C6H18O3Si3.C2H6/c1-10(2)7-11(3,4)9-12(5,6)8-10;1-2/h1-6H3;1-2H3. The predicted octanol–water partition coefficient (Wildman–Crippen LogP) is 3.18. The van der Waals surface area contributed by atoms with Gasteiger partial charge in [-0.05, 0) is 39.3 Å². The van der Waals surface area contributed by atoms with Gasteiger partial charge < -0.3 is 12.3 Å². The predicted molar refractivity (Wildman–Crippen MR) is 67.0 cm³/mol. The molecule has 14 heavy (non-hydrogen) atoms. The Hall–Kier alpha value is 0.531. The van der Waals surface area contributed by atoms with E-state index in [2.05, 4.69) is 39.3 Å². The van der Waals surface area contributed by atoms with Gasteiger partial charge in [0.1, 0.15) is 0 Å². The molecule has 0 atom stereocenters. The first-order valence-corrected chi connectivity index (χ1v) is 13.7. The molecule has 0 amide bonds. The van der Waals surface area contributed by atoms with E-state index in [4.69, 9.17) is 12.3 Å². The monoisotopic (exact) mass is 252 g/mol. The Morgan fingerprint density at radius 1 is 0.500 bits per heavy atom. The smallest absolute Gasteiger partial charge is 0.314 e. The lowest BCUT2D eigenvalue weighted by atomic mass is 11.0. The van der Waals surface area contributed by atoms with Crippen LogP contribution >= 0.6 is 0 Å². The normalized spacial score (nSPS) is 27.4. The van der Waals surface area contributed by atoms with Gasteiger partial charge in [0.25, 0.3) is 0 Å². The van der Waals surface area contributed by atoms with Crippen molar-refractivity contribution >= 4 is 25.7 Å². The van der Waals surface area contributed by atoms with Gasteiger partial charge in [-0.25, -0.2) is 0 Å². The van der Waals surface area contributed by atoms with Gasteiger partial charge in [0, 0.05) is 0 Å². The molecule has 1 heterocycles. The van der Waals surface area contributed by atoms with Gasteiger partial charge >= 0.3 is 25.7 Å². The molecule has 6 heteroatoms. The van der Waals surface area contributed by atoms with Crippen LogP contribution in [0.1, 0.15) is 13.8 Å². The quantitative estimate of drug-likeness (QED) is 0.620. The number of hydrogen-bond acceptors (Lipinski definition) is 3. The molecule has 0 radical (unpaired) electrons. The van der Waals surface area contributed by atoms with Crippen LogP contribution in [0.3, 0.4) is 0 Å². The summed E-state index contributed by atoms with van der Waals surface area (Å²) < 4.78 is 17.6. The summed E-state index contributed by atoms with van der Waals surface area (Å²) in [6, 6.07) is 0. The van der Waals surface area contributed by atoms with Gasteiger partial charge in [0.05, 0.1) is 0 Å². The molecule has 0 aromatic rings. The van der Waals surface area contributed by atoms with Gasteiger partial charge in [0.15, 0.2) is 0 Å². The van der Waals surface area contributed by atoms with E-state index in [1.807, 2.05) is 13.8 Å². The van der Waals surface area contributed by atoms with E-state index in [0.717, 1.165) is 0 Å². The Labute approximate surface area is 91.5 Å². The van der Waals surface area contributed by atoms with Crippen LogP contribution in [-0.4, -0.2) is 25.7 Å². The highest BCUT2D eigenvalue weighted by Gasteiger charge is 2.49.